The third-order valence-electron chi connectivity index (χ3n) is 2.98. The molecular formula is C11H8N6O4. The fourth-order valence-electron chi connectivity index (χ4n) is 2.05. The Hall–Kier alpha value is -3.30. The third-order valence-corrected chi connectivity index (χ3v) is 2.98. The molecule has 0 spiro atoms. The molecule has 21 heavy (non-hydrogen) atoms. The van der Waals surface area contributed by atoms with Crippen molar-refractivity contribution in [3.05, 3.63) is 40.6 Å². The van der Waals surface area contributed by atoms with Crippen LogP contribution in [0.25, 0.3) is 16.7 Å². The number of carboxylic acid groups (broad SMARTS) is 1. The van der Waals surface area contributed by atoms with Gasteiger partial charge in [-0.05, 0) is 9.91 Å². The summed E-state index contributed by atoms with van der Waals surface area (Å²) in [7, 11) is 1.66. The van der Waals surface area contributed by atoms with E-state index in [-0.39, 0.29) is 17.1 Å². The topological polar surface area (TPSA) is 129 Å². The molecule has 10 heteroatoms. The van der Waals surface area contributed by atoms with E-state index in [4.69, 9.17) is 0 Å². The van der Waals surface area contributed by atoms with E-state index >= 15 is 0 Å². The second-order valence-corrected chi connectivity index (χ2v) is 4.23. The summed E-state index contributed by atoms with van der Waals surface area (Å²) in [5, 5.41) is 24.5. The number of pyridine rings is 1. The Labute approximate surface area is 116 Å². The van der Waals surface area contributed by atoms with Gasteiger partial charge in [0.05, 0.1) is 17.3 Å². The zero-order chi connectivity index (χ0) is 15.1. The molecule has 0 aromatic carbocycles. The second-order valence-electron chi connectivity index (χ2n) is 4.23. The monoisotopic (exact) mass is 288 g/mol. The first-order valence-corrected chi connectivity index (χ1v) is 5.72. The highest BCUT2D eigenvalue weighted by Gasteiger charge is 2.21. The molecular weight excluding hydrogens is 280 g/mol. The fraction of sp³-hybridized carbons (Fsp3) is 0.0909. The number of nitrogens with zero attached hydrogens (tertiary/aromatic N) is 6. The molecule has 3 heterocycles. The SMILES string of the molecule is Cn1ncc2c(-n3cnc([N+](=O)[O-])c3)c(C(=O)O)cnc21. The Balaban J connectivity index is 2.34. The summed E-state index contributed by atoms with van der Waals surface area (Å²) in [5.41, 5.74) is 0.607. The molecule has 0 fully saturated rings. The first kappa shape index (κ1) is 12.7. The molecule has 106 valence electrons. The summed E-state index contributed by atoms with van der Waals surface area (Å²) >= 11 is 0. The number of hydrogen-bond acceptors (Lipinski definition) is 6. The number of carboxylic acids is 1. The maximum absolute atomic E-state index is 11.4. The molecule has 0 bridgehead atoms. The summed E-state index contributed by atoms with van der Waals surface area (Å²) in [6.45, 7) is 0. The predicted molar refractivity (Wildman–Crippen MR) is 69.2 cm³/mol. The van der Waals surface area contributed by atoms with Gasteiger partial charge >= 0.3 is 11.8 Å². The normalized spacial score (nSPS) is 10.9. The quantitative estimate of drug-likeness (QED) is 0.556. The van der Waals surface area contributed by atoms with E-state index in [1.807, 2.05) is 0 Å². The Morgan fingerprint density at radius 3 is 2.76 bits per heavy atom. The Kier molecular flexibility index (Phi) is 2.65. The molecule has 0 atom stereocenters. The van der Waals surface area contributed by atoms with Gasteiger partial charge in [-0.2, -0.15) is 5.10 Å². The molecule has 0 aliphatic rings. The zero-order valence-electron chi connectivity index (χ0n) is 10.7. The summed E-state index contributed by atoms with van der Waals surface area (Å²) in [5.74, 6) is -1.57. The van der Waals surface area contributed by atoms with Gasteiger partial charge in [0.25, 0.3) is 0 Å². The van der Waals surface area contributed by atoms with Crippen molar-refractivity contribution in [3.63, 3.8) is 0 Å². The van der Waals surface area contributed by atoms with E-state index in [2.05, 4.69) is 15.1 Å². The Morgan fingerprint density at radius 1 is 1.38 bits per heavy atom. The van der Waals surface area contributed by atoms with Gasteiger partial charge in [0, 0.05) is 13.2 Å². The average molecular weight is 288 g/mol. The van der Waals surface area contributed by atoms with Crippen LogP contribution in [0.1, 0.15) is 10.4 Å². The molecule has 0 saturated heterocycles. The predicted octanol–water partition coefficient (Wildman–Crippen LogP) is 0.760. The van der Waals surface area contributed by atoms with Gasteiger partial charge in [-0.1, -0.05) is 0 Å². The number of aryl methyl sites for hydroxylation is 1. The van der Waals surface area contributed by atoms with Crippen LogP contribution in [0, 0.1) is 10.1 Å². The third kappa shape index (κ3) is 1.89. The highest BCUT2D eigenvalue weighted by atomic mass is 16.6. The number of hydrogen-bond donors (Lipinski definition) is 1. The van der Waals surface area contributed by atoms with Crippen molar-refractivity contribution in [3.8, 4) is 5.69 Å². The average Bonchev–Trinajstić information content (AvgIpc) is 3.05. The van der Waals surface area contributed by atoms with Gasteiger partial charge in [-0.25, -0.2) is 9.78 Å². The van der Waals surface area contributed by atoms with E-state index in [1.54, 1.807) is 7.05 Å². The number of imidazole rings is 1. The van der Waals surface area contributed by atoms with E-state index in [0.717, 1.165) is 6.20 Å². The van der Waals surface area contributed by atoms with Crippen molar-refractivity contribution in [2.75, 3.05) is 0 Å². The van der Waals surface area contributed by atoms with Crippen LogP contribution in [-0.2, 0) is 7.05 Å². The molecule has 0 aliphatic carbocycles. The van der Waals surface area contributed by atoms with Crippen molar-refractivity contribution in [2.45, 2.75) is 0 Å². The van der Waals surface area contributed by atoms with Crippen molar-refractivity contribution >= 4 is 22.8 Å². The molecule has 0 unspecified atom stereocenters. The lowest BCUT2D eigenvalue weighted by Gasteiger charge is -2.06. The lowest BCUT2D eigenvalue weighted by Crippen LogP contribution is -2.06. The molecule has 3 aromatic heterocycles. The number of nitro groups is 1. The number of carbonyl (C=O) groups is 1. The van der Waals surface area contributed by atoms with Gasteiger partial charge in [0.15, 0.2) is 5.65 Å². The zero-order valence-corrected chi connectivity index (χ0v) is 10.7. The van der Waals surface area contributed by atoms with Crippen molar-refractivity contribution < 1.29 is 14.8 Å². The molecule has 0 aliphatic heterocycles. The number of rotatable bonds is 3. The fourth-order valence-corrected chi connectivity index (χ4v) is 2.05. The molecule has 0 saturated carbocycles. The number of aromatic nitrogens is 5. The van der Waals surface area contributed by atoms with Crippen molar-refractivity contribution in [1.82, 2.24) is 24.3 Å². The summed E-state index contributed by atoms with van der Waals surface area (Å²) in [4.78, 5) is 29.1. The minimum absolute atomic E-state index is 0.0946. The molecule has 10 nitrogen and oxygen atoms in total. The summed E-state index contributed by atoms with van der Waals surface area (Å²) < 4.78 is 2.77. The first-order chi connectivity index (χ1) is 9.99. The standard InChI is InChI=1S/C11H8N6O4/c1-15-10-6(3-14-15)9(7(2-12-10)11(18)19)16-4-8(13-5-16)17(20)21/h2-5H,1H3,(H,18,19). The van der Waals surface area contributed by atoms with Crippen molar-refractivity contribution in [1.29, 1.82) is 0 Å². The minimum atomic E-state index is -1.19. The molecule has 0 radical (unpaired) electrons. The van der Waals surface area contributed by atoms with Gasteiger partial charge in [-0.3, -0.25) is 9.25 Å². The lowest BCUT2D eigenvalue weighted by molar-refractivity contribution is -0.389. The maximum atomic E-state index is 11.4. The lowest BCUT2D eigenvalue weighted by atomic mass is 10.2. The van der Waals surface area contributed by atoms with Gasteiger partial charge in [-0.15, -0.1) is 0 Å². The Morgan fingerprint density at radius 2 is 2.14 bits per heavy atom. The van der Waals surface area contributed by atoms with Crippen LogP contribution in [0.15, 0.2) is 24.9 Å². The van der Waals surface area contributed by atoms with Gasteiger partial charge in [0.1, 0.15) is 11.8 Å². The van der Waals surface area contributed by atoms with E-state index < -0.39 is 10.9 Å². The largest absolute Gasteiger partial charge is 0.478 e. The van der Waals surface area contributed by atoms with Crippen LogP contribution in [0.3, 0.4) is 0 Å². The molecule has 3 aromatic rings. The van der Waals surface area contributed by atoms with Crippen molar-refractivity contribution in [2.24, 2.45) is 7.05 Å². The molecule has 3 rings (SSSR count). The van der Waals surface area contributed by atoms with Crippen LogP contribution in [-0.4, -0.2) is 40.3 Å². The van der Waals surface area contributed by atoms with E-state index in [0.29, 0.717) is 11.0 Å². The minimum Gasteiger partial charge on any atom is -0.478 e. The van der Waals surface area contributed by atoms with Crippen LogP contribution < -0.4 is 0 Å². The van der Waals surface area contributed by atoms with Gasteiger partial charge < -0.3 is 15.2 Å². The molecule has 1 N–H and O–H groups in total. The van der Waals surface area contributed by atoms with Crippen LogP contribution in [0.4, 0.5) is 5.82 Å². The summed E-state index contributed by atoms with van der Waals surface area (Å²) in [6.07, 6.45) is 4.98. The van der Waals surface area contributed by atoms with Crippen LogP contribution >= 0.6 is 0 Å². The number of fused-ring (bicyclic) bond motifs is 1. The smallest absolute Gasteiger partial charge is 0.381 e. The second kappa shape index (κ2) is 4.37. The molecule has 0 amide bonds. The van der Waals surface area contributed by atoms with Gasteiger partial charge in [0.2, 0.25) is 6.33 Å². The Bertz CT molecular complexity index is 880. The summed E-state index contributed by atoms with van der Waals surface area (Å²) in [6, 6.07) is 0. The first-order valence-electron chi connectivity index (χ1n) is 5.72. The number of aromatic carboxylic acids is 1. The maximum Gasteiger partial charge on any atom is 0.381 e. The van der Waals surface area contributed by atoms with E-state index in [1.165, 1.54) is 28.0 Å². The van der Waals surface area contributed by atoms with Crippen LogP contribution in [0.5, 0.6) is 0 Å². The van der Waals surface area contributed by atoms with E-state index in [9.17, 15) is 20.0 Å². The highest BCUT2D eigenvalue weighted by molar-refractivity contribution is 5.99. The van der Waals surface area contributed by atoms with Crippen LogP contribution in [0.2, 0.25) is 0 Å². The highest BCUT2D eigenvalue weighted by Crippen LogP contribution is 2.25.